The van der Waals surface area contributed by atoms with Crippen LogP contribution in [-0.4, -0.2) is 18.6 Å². The Hall–Kier alpha value is -1.42. The van der Waals surface area contributed by atoms with Crippen molar-refractivity contribution in [3.05, 3.63) is 35.1 Å². The van der Waals surface area contributed by atoms with Gasteiger partial charge in [-0.05, 0) is 32.8 Å². The van der Waals surface area contributed by atoms with Gasteiger partial charge in [-0.2, -0.15) is 0 Å². The second-order valence-electron chi connectivity index (χ2n) is 5.36. The summed E-state index contributed by atoms with van der Waals surface area (Å²) in [5.41, 5.74) is 1.32. The summed E-state index contributed by atoms with van der Waals surface area (Å²) in [5, 5.41) is 3.27. The van der Waals surface area contributed by atoms with Crippen molar-refractivity contribution in [3.63, 3.8) is 0 Å². The molecule has 1 aliphatic carbocycles. The van der Waals surface area contributed by atoms with Gasteiger partial charge in [-0.25, -0.2) is 9.18 Å². The summed E-state index contributed by atoms with van der Waals surface area (Å²) < 4.78 is 19.1. The first-order valence-corrected chi connectivity index (χ1v) is 7.30. The Kier molecular flexibility index (Phi) is 5.12. The SMILES string of the molecule is CCOC(=O)C(NC1CCCC1)c1cc(C)ccc1F. The van der Waals surface area contributed by atoms with Crippen LogP contribution in [0.2, 0.25) is 0 Å². The van der Waals surface area contributed by atoms with Crippen molar-refractivity contribution < 1.29 is 13.9 Å². The molecule has 1 saturated carbocycles. The third kappa shape index (κ3) is 3.57. The quantitative estimate of drug-likeness (QED) is 0.841. The Balaban J connectivity index is 2.24. The minimum atomic E-state index is -0.710. The van der Waals surface area contributed by atoms with Crippen LogP contribution < -0.4 is 5.32 Å². The fraction of sp³-hybridized carbons (Fsp3) is 0.562. The Bertz CT molecular complexity index is 470. The molecule has 0 saturated heterocycles. The summed E-state index contributed by atoms with van der Waals surface area (Å²) in [5.74, 6) is -0.761. The topological polar surface area (TPSA) is 38.3 Å². The van der Waals surface area contributed by atoms with Crippen LogP contribution in [0.15, 0.2) is 18.2 Å². The molecule has 0 heterocycles. The highest BCUT2D eigenvalue weighted by Gasteiger charge is 2.28. The zero-order valence-electron chi connectivity index (χ0n) is 12.1. The molecule has 0 amide bonds. The minimum absolute atomic E-state index is 0.268. The minimum Gasteiger partial charge on any atom is -0.465 e. The number of carbonyl (C=O) groups is 1. The summed E-state index contributed by atoms with van der Waals surface area (Å²) in [6.07, 6.45) is 4.37. The fourth-order valence-electron chi connectivity index (χ4n) is 2.72. The molecule has 0 aromatic heterocycles. The van der Waals surface area contributed by atoms with Gasteiger partial charge in [0.15, 0.2) is 0 Å². The van der Waals surface area contributed by atoms with Crippen molar-refractivity contribution in [1.29, 1.82) is 0 Å². The lowest BCUT2D eigenvalue weighted by Crippen LogP contribution is -2.37. The van der Waals surface area contributed by atoms with Crippen molar-refractivity contribution in [3.8, 4) is 0 Å². The number of rotatable bonds is 5. The summed E-state index contributed by atoms with van der Waals surface area (Å²) in [6, 6.07) is 4.39. The van der Waals surface area contributed by atoms with Crippen molar-refractivity contribution in [2.45, 2.75) is 51.6 Å². The van der Waals surface area contributed by atoms with E-state index in [4.69, 9.17) is 4.74 Å². The van der Waals surface area contributed by atoms with Gasteiger partial charge in [-0.3, -0.25) is 5.32 Å². The molecular formula is C16H22FNO2. The molecule has 20 heavy (non-hydrogen) atoms. The Morgan fingerprint density at radius 3 is 2.80 bits per heavy atom. The highest BCUT2D eigenvalue weighted by molar-refractivity contribution is 5.77. The molecule has 1 fully saturated rings. The summed E-state index contributed by atoms with van der Waals surface area (Å²) in [6.45, 7) is 3.95. The lowest BCUT2D eigenvalue weighted by atomic mass is 10.0. The molecule has 1 aliphatic rings. The molecule has 4 heteroatoms. The van der Waals surface area contributed by atoms with Crippen LogP contribution in [0.25, 0.3) is 0 Å². The van der Waals surface area contributed by atoms with Gasteiger partial charge in [0.25, 0.3) is 0 Å². The number of nitrogens with one attached hydrogen (secondary N) is 1. The predicted molar refractivity (Wildman–Crippen MR) is 75.9 cm³/mol. The van der Waals surface area contributed by atoms with Crippen molar-refractivity contribution in [2.75, 3.05) is 6.61 Å². The highest BCUT2D eigenvalue weighted by atomic mass is 19.1. The van der Waals surface area contributed by atoms with Crippen LogP contribution in [0.1, 0.15) is 49.8 Å². The number of aryl methyl sites for hydroxylation is 1. The zero-order valence-corrected chi connectivity index (χ0v) is 12.1. The lowest BCUT2D eigenvalue weighted by molar-refractivity contribution is -0.146. The van der Waals surface area contributed by atoms with E-state index in [2.05, 4.69) is 5.32 Å². The van der Waals surface area contributed by atoms with Crippen LogP contribution in [0, 0.1) is 12.7 Å². The van der Waals surface area contributed by atoms with E-state index in [-0.39, 0.29) is 11.9 Å². The zero-order chi connectivity index (χ0) is 14.5. The second-order valence-corrected chi connectivity index (χ2v) is 5.36. The maximum atomic E-state index is 14.0. The Morgan fingerprint density at radius 2 is 2.15 bits per heavy atom. The maximum Gasteiger partial charge on any atom is 0.327 e. The maximum absolute atomic E-state index is 14.0. The van der Waals surface area contributed by atoms with E-state index in [1.165, 1.54) is 6.07 Å². The molecule has 2 rings (SSSR count). The normalized spacial score (nSPS) is 17.1. The smallest absolute Gasteiger partial charge is 0.327 e. The van der Waals surface area contributed by atoms with Gasteiger partial charge in [-0.15, -0.1) is 0 Å². The van der Waals surface area contributed by atoms with E-state index in [1.54, 1.807) is 19.1 Å². The number of halogens is 1. The molecule has 0 radical (unpaired) electrons. The molecule has 1 aromatic carbocycles. The van der Waals surface area contributed by atoms with Crippen molar-refractivity contribution in [1.82, 2.24) is 5.32 Å². The number of esters is 1. The molecule has 110 valence electrons. The van der Waals surface area contributed by atoms with Crippen molar-refractivity contribution >= 4 is 5.97 Å². The van der Waals surface area contributed by atoms with Crippen LogP contribution in [0.4, 0.5) is 4.39 Å². The number of carbonyl (C=O) groups excluding carboxylic acids is 1. The second kappa shape index (κ2) is 6.84. The number of hydrogen-bond donors (Lipinski definition) is 1. The third-order valence-electron chi connectivity index (χ3n) is 3.74. The molecule has 1 unspecified atom stereocenters. The molecule has 0 aliphatic heterocycles. The third-order valence-corrected chi connectivity index (χ3v) is 3.74. The molecule has 1 atom stereocenters. The molecule has 0 bridgehead atoms. The Morgan fingerprint density at radius 1 is 1.45 bits per heavy atom. The van der Waals surface area contributed by atoms with E-state index in [1.807, 2.05) is 6.92 Å². The Labute approximate surface area is 119 Å². The number of ether oxygens (including phenoxy) is 1. The van der Waals surface area contributed by atoms with Gasteiger partial charge >= 0.3 is 5.97 Å². The first-order valence-electron chi connectivity index (χ1n) is 7.30. The van der Waals surface area contributed by atoms with Gasteiger partial charge in [-0.1, -0.05) is 30.5 Å². The fourth-order valence-corrected chi connectivity index (χ4v) is 2.72. The average Bonchev–Trinajstić information content (AvgIpc) is 2.92. The summed E-state index contributed by atoms with van der Waals surface area (Å²) in [4.78, 5) is 12.1. The highest BCUT2D eigenvalue weighted by Crippen LogP contribution is 2.25. The average molecular weight is 279 g/mol. The van der Waals surface area contributed by atoms with Crippen LogP contribution in [0.5, 0.6) is 0 Å². The molecule has 3 nitrogen and oxygen atoms in total. The van der Waals surface area contributed by atoms with Crippen LogP contribution in [0.3, 0.4) is 0 Å². The lowest BCUT2D eigenvalue weighted by Gasteiger charge is -2.22. The first kappa shape index (κ1) is 15.0. The van der Waals surface area contributed by atoms with E-state index in [0.29, 0.717) is 12.2 Å². The summed E-state index contributed by atoms with van der Waals surface area (Å²) >= 11 is 0. The molecule has 1 aromatic rings. The monoisotopic (exact) mass is 279 g/mol. The van der Waals surface area contributed by atoms with Crippen LogP contribution in [-0.2, 0) is 9.53 Å². The van der Waals surface area contributed by atoms with Gasteiger partial charge in [0.05, 0.1) is 6.61 Å². The van der Waals surface area contributed by atoms with E-state index >= 15 is 0 Å². The number of benzene rings is 1. The molecule has 1 N–H and O–H groups in total. The molecular weight excluding hydrogens is 257 g/mol. The van der Waals surface area contributed by atoms with Crippen LogP contribution >= 0.6 is 0 Å². The predicted octanol–water partition coefficient (Wildman–Crippen LogP) is 3.27. The van der Waals surface area contributed by atoms with Crippen molar-refractivity contribution in [2.24, 2.45) is 0 Å². The van der Waals surface area contributed by atoms with E-state index in [0.717, 1.165) is 31.2 Å². The number of hydrogen-bond acceptors (Lipinski definition) is 3. The summed E-state index contributed by atoms with van der Waals surface area (Å²) in [7, 11) is 0. The van der Waals surface area contributed by atoms with E-state index in [9.17, 15) is 9.18 Å². The first-order chi connectivity index (χ1) is 9.61. The largest absolute Gasteiger partial charge is 0.465 e. The van der Waals surface area contributed by atoms with Gasteiger partial charge < -0.3 is 4.74 Å². The van der Waals surface area contributed by atoms with E-state index < -0.39 is 12.0 Å². The van der Waals surface area contributed by atoms with Gasteiger partial charge in [0.1, 0.15) is 11.9 Å². The standard InChI is InChI=1S/C16H22FNO2/c1-3-20-16(19)15(18-12-6-4-5-7-12)13-10-11(2)8-9-14(13)17/h8-10,12,15,18H,3-7H2,1-2H3. The van der Waals surface area contributed by atoms with Gasteiger partial charge in [0.2, 0.25) is 0 Å². The van der Waals surface area contributed by atoms with Gasteiger partial charge in [0, 0.05) is 11.6 Å². The molecule has 0 spiro atoms.